The van der Waals surface area contributed by atoms with E-state index in [-0.39, 0.29) is 22.3 Å². The van der Waals surface area contributed by atoms with Gasteiger partial charge in [-0.25, -0.2) is 18.1 Å². The molecule has 0 fully saturated rings. The second kappa shape index (κ2) is 8.86. The third kappa shape index (κ3) is 4.99. The number of hydrogen-bond acceptors (Lipinski definition) is 6. The first-order chi connectivity index (χ1) is 14.2. The Morgan fingerprint density at radius 1 is 1.00 bits per heavy atom. The van der Waals surface area contributed by atoms with Gasteiger partial charge in [-0.1, -0.05) is 41.7 Å². The molecular weight excluding hydrogens is 422 g/mol. The van der Waals surface area contributed by atoms with Gasteiger partial charge in [-0.15, -0.1) is 0 Å². The maximum absolute atomic E-state index is 12.6. The molecule has 9 heteroatoms. The van der Waals surface area contributed by atoms with Crippen LogP contribution in [-0.2, 0) is 10.0 Å². The molecule has 0 radical (unpaired) electrons. The number of thiazole rings is 1. The van der Waals surface area contributed by atoms with E-state index < -0.39 is 15.9 Å². The van der Waals surface area contributed by atoms with Crippen LogP contribution in [0.5, 0.6) is 0 Å². The minimum absolute atomic E-state index is 0.0761. The number of aromatic nitrogens is 1. The molecule has 0 aliphatic carbocycles. The van der Waals surface area contributed by atoms with Gasteiger partial charge in [0.05, 0.1) is 15.5 Å². The summed E-state index contributed by atoms with van der Waals surface area (Å²) in [5.41, 5.74) is 1.58. The predicted molar refractivity (Wildman–Crippen MR) is 117 cm³/mol. The van der Waals surface area contributed by atoms with Crippen LogP contribution in [0.3, 0.4) is 0 Å². The summed E-state index contributed by atoms with van der Waals surface area (Å²) in [5, 5.41) is 2.98. The summed E-state index contributed by atoms with van der Waals surface area (Å²) in [6.07, 6.45) is 0. The fourth-order valence-electron chi connectivity index (χ4n) is 2.74. The summed E-state index contributed by atoms with van der Waals surface area (Å²) in [7, 11) is -3.63. The molecule has 1 amide bonds. The largest absolute Gasteiger partial charge is 0.298 e. The second-order valence-electron chi connectivity index (χ2n) is 6.87. The summed E-state index contributed by atoms with van der Waals surface area (Å²) in [6, 6.07) is 14.6. The summed E-state index contributed by atoms with van der Waals surface area (Å²) >= 11 is 1.10. The lowest BCUT2D eigenvalue weighted by Gasteiger charge is -2.10. The average Bonchev–Trinajstić information content (AvgIpc) is 3.12. The maximum atomic E-state index is 12.6. The fraction of sp³-hybridized carbons (Fsp3) is 0.190. The first kappa shape index (κ1) is 21.8. The van der Waals surface area contributed by atoms with Gasteiger partial charge in [0.1, 0.15) is 0 Å². The Labute approximate surface area is 179 Å². The number of anilines is 1. The number of rotatable bonds is 7. The number of nitrogens with zero attached hydrogens (tertiary/aromatic N) is 1. The molecular formula is C21H21N3O4S2. The van der Waals surface area contributed by atoms with Gasteiger partial charge in [0.25, 0.3) is 5.91 Å². The third-order valence-corrected chi connectivity index (χ3v) is 6.78. The molecule has 0 atom stereocenters. The Morgan fingerprint density at radius 3 is 2.20 bits per heavy atom. The van der Waals surface area contributed by atoms with Crippen molar-refractivity contribution in [3.8, 4) is 11.3 Å². The first-order valence-corrected chi connectivity index (χ1v) is 11.5. The smallest absolute Gasteiger partial charge is 0.257 e. The Morgan fingerprint density at radius 2 is 1.63 bits per heavy atom. The molecule has 0 saturated heterocycles. The zero-order valence-electron chi connectivity index (χ0n) is 16.7. The van der Waals surface area contributed by atoms with E-state index in [0.29, 0.717) is 15.7 Å². The van der Waals surface area contributed by atoms with E-state index >= 15 is 0 Å². The number of ketones is 1. The normalized spacial score (nSPS) is 11.5. The molecule has 2 N–H and O–H groups in total. The standard InChI is InChI=1S/C21H21N3O4S2/c1-13(2)24-30(27,28)17-11-9-16(10-12-17)20(26)23-21-22-18(19(29-21)14(3)25)15-7-5-4-6-8-15/h4-13,24H,1-3H3,(H,22,23,26). The van der Waals surface area contributed by atoms with Crippen molar-refractivity contribution in [2.24, 2.45) is 0 Å². The van der Waals surface area contributed by atoms with Crippen LogP contribution in [0.25, 0.3) is 11.3 Å². The highest BCUT2D eigenvalue weighted by Gasteiger charge is 2.19. The number of hydrogen-bond donors (Lipinski definition) is 2. The van der Waals surface area contributed by atoms with Crippen LogP contribution >= 0.6 is 11.3 Å². The molecule has 30 heavy (non-hydrogen) atoms. The molecule has 1 aromatic heterocycles. The van der Waals surface area contributed by atoms with Gasteiger partial charge >= 0.3 is 0 Å². The Kier molecular flexibility index (Phi) is 6.45. The average molecular weight is 444 g/mol. The molecule has 2 aromatic carbocycles. The van der Waals surface area contributed by atoms with E-state index in [0.717, 1.165) is 16.9 Å². The van der Waals surface area contributed by atoms with E-state index in [1.54, 1.807) is 13.8 Å². The number of carbonyl (C=O) groups is 2. The highest BCUT2D eigenvalue weighted by Crippen LogP contribution is 2.31. The van der Waals surface area contributed by atoms with Gasteiger partial charge in [-0.05, 0) is 38.1 Å². The Bertz CT molecular complexity index is 1170. The lowest BCUT2D eigenvalue weighted by Crippen LogP contribution is -2.30. The van der Waals surface area contributed by atoms with Crippen LogP contribution in [-0.4, -0.2) is 31.1 Å². The highest BCUT2D eigenvalue weighted by atomic mass is 32.2. The van der Waals surface area contributed by atoms with Crippen LogP contribution in [0, 0.1) is 0 Å². The van der Waals surface area contributed by atoms with Crippen molar-refractivity contribution in [1.29, 1.82) is 0 Å². The number of nitrogens with one attached hydrogen (secondary N) is 2. The summed E-state index contributed by atoms with van der Waals surface area (Å²) in [4.78, 5) is 29.5. The molecule has 0 unspecified atom stereocenters. The maximum Gasteiger partial charge on any atom is 0.257 e. The monoisotopic (exact) mass is 443 g/mol. The van der Waals surface area contributed by atoms with Crippen LogP contribution in [0.2, 0.25) is 0 Å². The first-order valence-electron chi connectivity index (χ1n) is 9.18. The van der Waals surface area contributed by atoms with Gasteiger partial charge in [0, 0.05) is 24.1 Å². The van der Waals surface area contributed by atoms with Crippen LogP contribution in [0.1, 0.15) is 40.8 Å². The van der Waals surface area contributed by atoms with Gasteiger partial charge < -0.3 is 0 Å². The molecule has 0 aliphatic rings. The van der Waals surface area contributed by atoms with Crippen molar-refractivity contribution in [3.05, 3.63) is 65.0 Å². The molecule has 156 valence electrons. The van der Waals surface area contributed by atoms with Crippen molar-refractivity contribution in [3.63, 3.8) is 0 Å². The van der Waals surface area contributed by atoms with Crippen molar-refractivity contribution in [1.82, 2.24) is 9.71 Å². The van der Waals surface area contributed by atoms with E-state index in [2.05, 4.69) is 15.0 Å². The molecule has 0 spiro atoms. The van der Waals surface area contributed by atoms with Crippen LogP contribution in [0.15, 0.2) is 59.5 Å². The molecule has 0 bridgehead atoms. The molecule has 3 rings (SSSR count). The predicted octanol–water partition coefficient (Wildman–Crippen LogP) is 3.95. The van der Waals surface area contributed by atoms with Gasteiger partial charge in [-0.2, -0.15) is 0 Å². The quantitative estimate of drug-likeness (QED) is 0.538. The zero-order chi connectivity index (χ0) is 21.9. The summed E-state index contributed by atoms with van der Waals surface area (Å²) in [5.74, 6) is -0.585. The number of carbonyl (C=O) groups excluding carboxylic acids is 2. The van der Waals surface area contributed by atoms with Crippen LogP contribution in [0.4, 0.5) is 5.13 Å². The SMILES string of the molecule is CC(=O)c1sc(NC(=O)c2ccc(S(=O)(=O)NC(C)C)cc2)nc1-c1ccccc1. The highest BCUT2D eigenvalue weighted by molar-refractivity contribution is 7.89. The number of sulfonamides is 1. The topological polar surface area (TPSA) is 105 Å². The van der Waals surface area contributed by atoms with Gasteiger partial charge in [-0.3, -0.25) is 14.9 Å². The molecule has 3 aromatic rings. The van der Waals surface area contributed by atoms with E-state index in [1.807, 2.05) is 30.3 Å². The lowest BCUT2D eigenvalue weighted by atomic mass is 10.1. The van der Waals surface area contributed by atoms with Crippen molar-refractivity contribution < 1.29 is 18.0 Å². The third-order valence-electron chi connectivity index (χ3n) is 4.03. The fourth-order valence-corrected chi connectivity index (χ4v) is 4.87. The minimum Gasteiger partial charge on any atom is -0.298 e. The number of benzene rings is 2. The summed E-state index contributed by atoms with van der Waals surface area (Å²) < 4.78 is 26.9. The van der Waals surface area contributed by atoms with Gasteiger partial charge in [0.15, 0.2) is 10.9 Å². The van der Waals surface area contributed by atoms with Crippen molar-refractivity contribution in [2.45, 2.75) is 31.7 Å². The van der Waals surface area contributed by atoms with Crippen molar-refractivity contribution >= 4 is 38.2 Å². The van der Waals surface area contributed by atoms with Crippen molar-refractivity contribution in [2.75, 3.05) is 5.32 Å². The Balaban J connectivity index is 1.82. The number of amides is 1. The zero-order valence-corrected chi connectivity index (χ0v) is 18.3. The molecule has 0 saturated carbocycles. The summed E-state index contributed by atoms with van der Waals surface area (Å²) in [6.45, 7) is 4.91. The lowest BCUT2D eigenvalue weighted by molar-refractivity contribution is 0.101. The number of Topliss-reactive ketones (excluding diaryl/α,β-unsaturated/α-hetero) is 1. The Hall–Kier alpha value is -2.88. The second-order valence-corrected chi connectivity index (χ2v) is 9.59. The molecule has 1 heterocycles. The van der Waals surface area contributed by atoms with Gasteiger partial charge in [0.2, 0.25) is 10.0 Å². The molecule has 7 nitrogen and oxygen atoms in total. The van der Waals surface area contributed by atoms with E-state index in [4.69, 9.17) is 0 Å². The minimum atomic E-state index is -3.63. The van der Waals surface area contributed by atoms with Crippen LogP contribution < -0.4 is 10.0 Å². The molecule has 0 aliphatic heterocycles. The van der Waals surface area contributed by atoms with E-state index in [9.17, 15) is 18.0 Å². The van der Waals surface area contributed by atoms with E-state index in [1.165, 1.54) is 31.2 Å².